The number of rotatable bonds is 2. The largest absolute Gasteiger partial charge is 0.294 e. The lowest BCUT2D eigenvalue weighted by molar-refractivity contribution is 0.0980. The van der Waals surface area contributed by atoms with Crippen LogP contribution in [0.25, 0.3) is 0 Å². The average Bonchev–Trinajstić information content (AvgIpc) is 2.08. The summed E-state index contributed by atoms with van der Waals surface area (Å²) in [4.78, 5) is 22.7. The molecule has 0 spiro atoms. The van der Waals surface area contributed by atoms with E-state index in [-0.39, 0.29) is 19.0 Å². The van der Waals surface area contributed by atoms with Crippen molar-refractivity contribution in [2.45, 2.75) is 35.1 Å². The second-order valence-corrected chi connectivity index (χ2v) is 3.54. The highest BCUT2D eigenvalue weighted by atomic mass is 16.1. The smallest absolute Gasteiger partial charge is 0.160 e. The summed E-state index contributed by atoms with van der Waals surface area (Å²) in [5.41, 5.74) is 3.04. The molecule has 1 aromatic rings. The van der Waals surface area contributed by atoms with Gasteiger partial charge in [-0.2, -0.15) is 0 Å². The van der Waals surface area contributed by atoms with Crippen LogP contribution < -0.4 is 0 Å². The predicted molar refractivity (Wildman–Crippen MR) is 62.7 cm³/mol. The molecule has 1 rings (SSSR count). The number of ketones is 2. The van der Waals surface area contributed by atoms with Crippen LogP contribution in [0.2, 0.25) is 0 Å². The predicted octanol–water partition coefficient (Wildman–Crippen LogP) is 3.34. The Balaban J connectivity index is 0.00000196. The molecule has 0 bridgehead atoms. The van der Waals surface area contributed by atoms with Gasteiger partial charge in [-0.15, -0.1) is 0 Å². The van der Waals surface area contributed by atoms with E-state index >= 15 is 0 Å². The minimum Gasteiger partial charge on any atom is -0.294 e. The first kappa shape index (κ1) is 13.6. The Morgan fingerprint density at radius 2 is 1.53 bits per heavy atom. The van der Waals surface area contributed by atoms with Crippen molar-refractivity contribution in [3.05, 3.63) is 34.4 Å². The molecule has 0 atom stereocenters. The maximum absolute atomic E-state index is 11.4. The summed E-state index contributed by atoms with van der Waals surface area (Å²) >= 11 is 0. The molecule has 0 saturated carbocycles. The molecule has 0 aliphatic rings. The van der Waals surface area contributed by atoms with E-state index in [1.807, 2.05) is 19.9 Å². The van der Waals surface area contributed by atoms with E-state index in [1.54, 1.807) is 6.07 Å². The standard InChI is InChI=1S/C12H14O2.CH4/c1-7-5-6-11(9(3)13)12(8(7)2)10(4)14;/h5-6H,1-4H3;1H4. The Kier molecular flexibility index (Phi) is 4.40. The first-order chi connectivity index (χ1) is 6.45. The molecule has 2 nitrogen and oxygen atoms in total. The van der Waals surface area contributed by atoms with E-state index in [0.717, 1.165) is 11.1 Å². The number of hydrogen-bond acceptors (Lipinski definition) is 2. The molecule has 1 aromatic carbocycles. The Hall–Kier alpha value is -1.44. The summed E-state index contributed by atoms with van der Waals surface area (Å²) in [6.07, 6.45) is 0. The van der Waals surface area contributed by atoms with Gasteiger partial charge in [-0.3, -0.25) is 9.59 Å². The lowest BCUT2D eigenvalue weighted by Gasteiger charge is -2.09. The van der Waals surface area contributed by atoms with E-state index in [1.165, 1.54) is 13.8 Å². The van der Waals surface area contributed by atoms with Crippen molar-refractivity contribution in [2.75, 3.05) is 0 Å². The van der Waals surface area contributed by atoms with Crippen LogP contribution >= 0.6 is 0 Å². The second-order valence-electron chi connectivity index (χ2n) is 3.54. The van der Waals surface area contributed by atoms with Crippen LogP contribution in [-0.4, -0.2) is 11.6 Å². The third-order valence-corrected chi connectivity index (χ3v) is 2.47. The zero-order valence-electron chi connectivity index (χ0n) is 8.97. The van der Waals surface area contributed by atoms with Crippen molar-refractivity contribution in [1.82, 2.24) is 0 Å². The molecule has 2 heteroatoms. The van der Waals surface area contributed by atoms with Crippen LogP contribution in [0.15, 0.2) is 12.1 Å². The van der Waals surface area contributed by atoms with E-state index in [0.29, 0.717) is 11.1 Å². The van der Waals surface area contributed by atoms with E-state index in [4.69, 9.17) is 0 Å². The third-order valence-electron chi connectivity index (χ3n) is 2.47. The van der Waals surface area contributed by atoms with Gasteiger partial charge in [0.2, 0.25) is 0 Å². The van der Waals surface area contributed by atoms with Gasteiger partial charge in [-0.05, 0) is 38.8 Å². The lowest BCUT2D eigenvalue weighted by atomic mass is 9.93. The molecule has 82 valence electrons. The molecule has 0 aliphatic carbocycles. The van der Waals surface area contributed by atoms with Crippen molar-refractivity contribution in [3.8, 4) is 0 Å². The highest BCUT2D eigenvalue weighted by Crippen LogP contribution is 2.19. The first-order valence-corrected chi connectivity index (χ1v) is 4.57. The molecular weight excluding hydrogens is 188 g/mol. The van der Waals surface area contributed by atoms with Crippen LogP contribution in [0, 0.1) is 13.8 Å². The fourth-order valence-corrected chi connectivity index (χ4v) is 1.56. The monoisotopic (exact) mass is 206 g/mol. The number of aryl methyl sites for hydroxylation is 1. The summed E-state index contributed by atoms with van der Waals surface area (Å²) in [7, 11) is 0. The number of carbonyl (C=O) groups excluding carboxylic acids is 2. The van der Waals surface area contributed by atoms with Gasteiger partial charge in [-0.25, -0.2) is 0 Å². The van der Waals surface area contributed by atoms with E-state index < -0.39 is 0 Å². The highest BCUT2D eigenvalue weighted by Gasteiger charge is 2.14. The molecule has 0 N–H and O–H groups in total. The maximum atomic E-state index is 11.4. The van der Waals surface area contributed by atoms with Gasteiger partial charge in [-0.1, -0.05) is 19.6 Å². The van der Waals surface area contributed by atoms with E-state index in [2.05, 4.69) is 0 Å². The van der Waals surface area contributed by atoms with Gasteiger partial charge in [0.25, 0.3) is 0 Å². The molecule has 15 heavy (non-hydrogen) atoms. The molecule has 0 saturated heterocycles. The van der Waals surface area contributed by atoms with Crippen LogP contribution in [0.4, 0.5) is 0 Å². The summed E-state index contributed by atoms with van der Waals surface area (Å²) in [5, 5.41) is 0. The topological polar surface area (TPSA) is 34.1 Å². The third kappa shape index (κ3) is 2.52. The molecule has 0 unspecified atom stereocenters. The first-order valence-electron chi connectivity index (χ1n) is 4.57. The summed E-state index contributed by atoms with van der Waals surface area (Å²) in [5.74, 6) is -0.102. The van der Waals surface area contributed by atoms with Gasteiger partial charge in [0, 0.05) is 11.1 Å². The van der Waals surface area contributed by atoms with Crippen molar-refractivity contribution in [2.24, 2.45) is 0 Å². The van der Waals surface area contributed by atoms with Crippen LogP contribution in [-0.2, 0) is 0 Å². The fourth-order valence-electron chi connectivity index (χ4n) is 1.56. The molecule has 0 aromatic heterocycles. The Morgan fingerprint density at radius 1 is 1.00 bits per heavy atom. The normalized spacial score (nSPS) is 9.33. The summed E-state index contributed by atoms with van der Waals surface area (Å²) in [6.45, 7) is 6.79. The number of benzene rings is 1. The Labute approximate surface area is 91.3 Å². The maximum Gasteiger partial charge on any atom is 0.160 e. The fraction of sp³-hybridized carbons (Fsp3) is 0.385. The second kappa shape index (κ2) is 4.87. The SMILES string of the molecule is C.CC(=O)c1ccc(C)c(C)c1C(C)=O. The van der Waals surface area contributed by atoms with E-state index in [9.17, 15) is 9.59 Å². The minimum absolute atomic E-state index is 0. The van der Waals surface area contributed by atoms with Gasteiger partial charge in [0.05, 0.1) is 0 Å². The molecule has 0 aliphatic heterocycles. The van der Waals surface area contributed by atoms with Crippen molar-refractivity contribution < 1.29 is 9.59 Å². The van der Waals surface area contributed by atoms with Crippen LogP contribution in [0.5, 0.6) is 0 Å². The molecule has 0 radical (unpaired) electrons. The molecular formula is C13H18O2. The lowest BCUT2D eigenvalue weighted by Crippen LogP contribution is -2.07. The van der Waals surface area contributed by atoms with Gasteiger partial charge in [0.15, 0.2) is 11.6 Å². The molecule has 0 fully saturated rings. The average molecular weight is 206 g/mol. The van der Waals surface area contributed by atoms with Crippen molar-refractivity contribution in [3.63, 3.8) is 0 Å². The number of hydrogen-bond donors (Lipinski definition) is 0. The van der Waals surface area contributed by atoms with Crippen molar-refractivity contribution in [1.29, 1.82) is 0 Å². The molecule has 0 amide bonds. The number of carbonyl (C=O) groups is 2. The van der Waals surface area contributed by atoms with Gasteiger partial charge in [0.1, 0.15) is 0 Å². The van der Waals surface area contributed by atoms with Crippen LogP contribution in [0.1, 0.15) is 53.1 Å². The Morgan fingerprint density at radius 3 is 1.93 bits per heavy atom. The zero-order valence-corrected chi connectivity index (χ0v) is 8.97. The summed E-state index contributed by atoms with van der Waals surface area (Å²) in [6, 6.07) is 3.60. The van der Waals surface area contributed by atoms with Crippen molar-refractivity contribution >= 4 is 11.6 Å². The quantitative estimate of drug-likeness (QED) is 0.695. The number of Topliss-reactive ketones (excluding diaryl/α,β-unsaturated/α-hetero) is 2. The highest BCUT2D eigenvalue weighted by molar-refractivity contribution is 6.08. The Bertz CT molecular complexity index is 403. The minimum atomic E-state index is -0.0571. The van der Waals surface area contributed by atoms with Gasteiger partial charge < -0.3 is 0 Å². The summed E-state index contributed by atoms with van der Waals surface area (Å²) < 4.78 is 0. The molecule has 0 heterocycles. The van der Waals surface area contributed by atoms with Crippen LogP contribution in [0.3, 0.4) is 0 Å². The van der Waals surface area contributed by atoms with Gasteiger partial charge >= 0.3 is 0 Å². The zero-order chi connectivity index (χ0) is 10.9.